The second kappa shape index (κ2) is 8.98. The van der Waals surface area contributed by atoms with Gasteiger partial charge in [-0.3, -0.25) is 14.9 Å². The minimum atomic E-state index is -0.438. The maximum atomic E-state index is 12.7. The van der Waals surface area contributed by atoms with E-state index in [9.17, 15) is 14.9 Å². The predicted molar refractivity (Wildman–Crippen MR) is 115 cm³/mol. The largest absolute Gasteiger partial charge is 0.363 e. The molecule has 1 saturated heterocycles. The molecule has 0 radical (unpaired) electrons. The van der Waals surface area contributed by atoms with Crippen LogP contribution in [0.5, 0.6) is 0 Å². The molecule has 2 aromatic carbocycles. The van der Waals surface area contributed by atoms with Crippen molar-refractivity contribution in [2.24, 2.45) is 0 Å². The molecule has 0 spiro atoms. The van der Waals surface area contributed by atoms with Gasteiger partial charge in [-0.25, -0.2) is 0 Å². The number of piperazine rings is 1. The molecule has 1 N–H and O–H groups in total. The maximum Gasteiger partial charge on any atom is 0.293 e. The van der Waals surface area contributed by atoms with Gasteiger partial charge in [0.2, 0.25) is 0 Å². The quantitative estimate of drug-likeness (QED) is 0.562. The zero-order chi connectivity index (χ0) is 21.1. The van der Waals surface area contributed by atoms with E-state index in [1.165, 1.54) is 6.07 Å². The van der Waals surface area contributed by atoms with Crippen LogP contribution in [-0.4, -0.2) is 49.0 Å². The SMILES string of the molecule is CC(NC(=O)c1ccc(N2CCN(C)CC2)c([N+](=O)[O-])c1)c1ccc(Cl)c(Cl)c1. The number of nitro benzene ring substituents is 1. The normalized spacial score (nSPS) is 15.8. The lowest BCUT2D eigenvalue weighted by Gasteiger charge is -2.33. The Labute approximate surface area is 179 Å². The van der Waals surface area contributed by atoms with Gasteiger partial charge < -0.3 is 15.1 Å². The summed E-state index contributed by atoms with van der Waals surface area (Å²) in [6.07, 6.45) is 0. The van der Waals surface area contributed by atoms with E-state index >= 15 is 0 Å². The fourth-order valence-electron chi connectivity index (χ4n) is 3.27. The van der Waals surface area contributed by atoms with E-state index in [1.54, 1.807) is 30.3 Å². The lowest BCUT2D eigenvalue weighted by molar-refractivity contribution is -0.384. The fraction of sp³-hybridized carbons (Fsp3) is 0.350. The standard InChI is InChI=1S/C20H22Cl2N4O3/c1-13(14-3-5-16(21)17(22)11-14)23-20(27)15-4-6-18(19(12-15)26(28)29)25-9-7-24(2)8-10-25/h3-6,11-13H,7-10H2,1-2H3,(H,23,27). The summed E-state index contributed by atoms with van der Waals surface area (Å²) in [5.74, 6) is -0.392. The summed E-state index contributed by atoms with van der Waals surface area (Å²) in [6.45, 7) is 4.89. The Hall–Kier alpha value is -2.35. The van der Waals surface area contributed by atoms with Gasteiger partial charge in [0.05, 0.1) is 21.0 Å². The summed E-state index contributed by atoms with van der Waals surface area (Å²) < 4.78 is 0. The smallest absolute Gasteiger partial charge is 0.293 e. The number of carbonyl (C=O) groups is 1. The Morgan fingerprint density at radius 3 is 2.41 bits per heavy atom. The predicted octanol–water partition coefficient (Wildman–Crippen LogP) is 4.14. The van der Waals surface area contributed by atoms with Gasteiger partial charge in [0.1, 0.15) is 5.69 Å². The molecule has 2 aromatic rings. The van der Waals surface area contributed by atoms with Crippen molar-refractivity contribution in [3.05, 3.63) is 67.7 Å². The van der Waals surface area contributed by atoms with E-state index in [1.807, 2.05) is 18.9 Å². The summed E-state index contributed by atoms with van der Waals surface area (Å²) in [5.41, 5.74) is 1.50. The molecule has 1 unspecified atom stereocenters. The third-order valence-electron chi connectivity index (χ3n) is 5.07. The summed E-state index contributed by atoms with van der Waals surface area (Å²) in [5, 5.41) is 15.3. The van der Waals surface area contributed by atoms with Crippen molar-refractivity contribution in [1.29, 1.82) is 0 Å². The maximum absolute atomic E-state index is 12.7. The summed E-state index contributed by atoms with van der Waals surface area (Å²) in [6, 6.07) is 9.40. The monoisotopic (exact) mass is 436 g/mol. The minimum absolute atomic E-state index is 0.0654. The topological polar surface area (TPSA) is 78.7 Å². The number of nitrogens with zero attached hydrogens (tertiary/aromatic N) is 3. The highest BCUT2D eigenvalue weighted by Crippen LogP contribution is 2.30. The van der Waals surface area contributed by atoms with Crippen LogP contribution in [0.2, 0.25) is 10.0 Å². The molecule has 154 valence electrons. The molecule has 1 atom stereocenters. The highest BCUT2D eigenvalue weighted by molar-refractivity contribution is 6.42. The van der Waals surface area contributed by atoms with Gasteiger partial charge in [-0.2, -0.15) is 0 Å². The molecule has 1 amide bonds. The van der Waals surface area contributed by atoms with E-state index in [2.05, 4.69) is 10.2 Å². The molecule has 9 heteroatoms. The van der Waals surface area contributed by atoms with Crippen molar-refractivity contribution in [3.63, 3.8) is 0 Å². The Balaban J connectivity index is 1.79. The molecule has 0 aliphatic carbocycles. The van der Waals surface area contributed by atoms with Gasteiger partial charge in [0.15, 0.2) is 0 Å². The van der Waals surface area contributed by atoms with Crippen LogP contribution in [0.3, 0.4) is 0 Å². The lowest BCUT2D eigenvalue weighted by Crippen LogP contribution is -2.44. The van der Waals surface area contributed by atoms with Crippen LogP contribution in [0.25, 0.3) is 0 Å². The lowest BCUT2D eigenvalue weighted by atomic mass is 10.1. The van der Waals surface area contributed by atoms with E-state index in [0.717, 1.165) is 18.7 Å². The van der Waals surface area contributed by atoms with E-state index in [0.29, 0.717) is 28.8 Å². The molecule has 3 rings (SSSR count). The number of benzene rings is 2. The van der Waals surface area contributed by atoms with Crippen molar-refractivity contribution in [2.75, 3.05) is 38.1 Å². The number of carbonyl (C=O) groups excluding carboxylic acids is 1. The molecular formula is C20H22Cl2N4O3. The molecule has 1 aliphatic rings. The van der Waals surface area contributed by atoms with Crippen molar-refractivity contribution in [1.82, 2.24) is 10.2 Å². The second-order valence-electron chi connectivity index (χ2n) is 7.12. The Kier molecular flexibility index (Phi) is 6.62. The van der Waals surface area contributed by atoms with Gasteiger partial charge in [-0.15, -0.1) is 0 Å². The molecule has 1 aliphatic heterocycles. The van der Waals surface area contributed by atoms with Crippen LogP contribution in [0, 0.1) is 10.1 Å². The van der Waals surface area contributed by atoms with Crippen molar-refractivity contribution in [3.8, 4) is 0 Å². The number of anilines is 1. The first kappa shape index (κ1) is 21.4. The minimum Gasteiger partial charge on any atom is -0.363 e. The number of halogens is 2. The number of amides is 1. The first-order chi connectivity index (χ1) is 13.8. The Morgan fingerprint density at radius 2 is 1.79 bits per heavy atom. The average Bonchev–Trinajstić information content (AvgIpc) is 2.70. The number of nitro groups is 1. The van der Waals surface area contributed by atoms with Gasteiger partial charge in [0.25, 0.3) is 11.6 Å². The third-order valence-corrected chi connectivity index (χ3v) is 5.81. The van der Waals surface area contributed by atoms with E-state index in [4.69, 9.17) is 23.2 Å². The first-order valence-corrected chi connectivity index (χ1v) is 9.99. The number of rotatable bonds is 5. The highest BCUT2D eigenvalue weighted by atomic mass is 35.5. The van der Waals surface area contributed by atoms with Gasteiger partial charge in [-0.1, -0.05) is 29.3 Å². The van der Waals surface area contributed by atoms with Gasteiger partial charge in [0, 0.05) is 37.8 Å². The van der Waals surface area contributed by atoms with Crippen LogP contribution in [-0.2, 0) is 0 Å². The van der Waals surface area contributed by atoms with Crippen molar-refractivity contribution >= 4 is 40.5 Å². The van der Waals surface area contributed by atoms with E-state index in [-0.39, 0.29) is 17.3 Å². The van der Waals surface area contributed by atoms with Crippen LogP contribution < -0.4 is 10.2 Å². The molecule has 29 heavy (non-hydrogen) atoms. The zero-order valence-electron chi connectivity index (χ0n) is 16.2. The average molecular weight is 437 g/mol. The fourth-order valence-corrected chi connectivity index (χ4v) is 3.58. The molecule has 7 nitrogen and oxygen atoms in total. The molecular weight excluding hydrogens is 415 g/mol. The molecule has 0 aromatic heterocycles. The Morgan fingerprint density at radius 1 is 1.10 bits per heavy atom. The van der Waals surface area contributed by atoms with Crippen molar-refractivity contribution < 1.29 is 9.72 Å². The first-order valence-electron chi connectivity index (χ1n) is 9.24. The number of hydrogen-bond acceptors (Lipinski definition) is 5. The summed E-state index contributed by atoms with van der Waals surface area (Å²) in [7, 11) is 2.02. The second-order valence-corrected chi connectivity index (χ2v) is 7.93. The van der Waals surface area contributed by atoms with Crippen LogP contribution in [0.1, 0.15) is 28.9 Å². The van der Waals surface area contributed by atoms with Crippen LogP contribution in [0.4, 0.5) is 11.4 Å². The zero-order valence-corrected chi connectivity index (χ0v) is 17.7. The molecule has 1 fully saturated rings. The van der Waals surface area contributed by atoms with Gasteiger partial charge in [-0.05, 0) is 43.8 Å². The van der Waals surface area contributed by atoms with Crippen molar-refractivity contribution in [2.45, 2.75) is 13.0 Å². The number of nitrogens with one attached hydrogen (secondary N) is 1. The molecule has 0 saturated carbocycles. The third kappa shape index (κ3) is 4.98. The van der Waals surface area contributed by atoms with Crippen LogP contribution in [0.15, 0.2) is 36.4 Å². The molecule has 1 heterocycles. The molecule has 0 bridgehead atoms. The number of likely N-dealkylation sites (N-methyl/N-ethyl adjacent to an activating group) is 1. The van der Waals surface area contributed by atoms with E-state index < -0.39 is 10.8 Å². The van der Waals surface area contributed by atoms with Crippen LogP contribution >= 0.6 is 23.2 Å². The summed E-state index contributed by atoms with van der Waals surface area (Å²) >= 11 is 12.0. The van der Waals surface area contributed by atoms with Gasteiger partial charge >= 0.3 is 0 Å². The highest BCUT2D eigenvalue weighted by Gasteiger charge is 2.24. The number of hydrogen-bond donors (Lipinski definition) is 1. The Bertz CT molecular complexity index is 930. The summed E-state index contributed by atoms with van der Waals surface area (Å²) in [4.78, 5) is 28.0.